The summed E-state index contributed by atoms with van der Waals surface area (Å²) >= 11 is 0. The van der Waals surface area contributed by atoms with Crippen molar-refractivity contribution in [1.82, 2.24) is 9.47 Å². The summed E-state index contributed by atoms with van der Waals surface area (Å²) in [5, 5.41) is 10.9. The number of rotatable bonds is 8. The molecular weight excluding hydrogens is 578 g/mol. The molecule has 7 nitrogen and oxygen atoms in total. The number of amides is 1. The first-order valence-electron chi connectivity index (χ1n) is 13.7. The zero-order chi connectivity index (χ0) is 31.4. The zero-order valence-electron chi connectivity index (χ0n) is 23.4. The second-order valence-electron chi connectivity index (χ2n) is 10.3. The number of hydrogen-bond acceptors (Lipinski definition) is 5. The molecule has 1 aliphatic heterocycles. The number of para-hydroxylation sites is 1. The van der Waals surface area contributed by atoms with Crippen molar-refractivity contribution in [3.8, 4) is 0 Å². The van der Waals surface area contributed by atoms with Gasteiger partial charge in [-0.1, -0.05) is 36.4 Å². The lowest BCUT2D eigenvalue weighted by atomic mass is 10.0. The van der Waals surface area contributed by atoms with Gasteiger partial charge in [-0.15, -0.1) is 0 Å². The number of carbonyl (C=O) groups excluding carboxylic acids is 2. The number of nitrogens with zero attached hydrogens (tertiary/aromatic N) is 3. The Balaban J connectivity index is 1.41. The number of aromatic nitrogens is 1. The molecule has 44 heavy (non-hydrogen) atoms. The van der Waals surface area contributed by atoms with Gasteiger partial charge in [0.1, 0.15) is 11.6 Å². The van der Waals surface area contributed by atoms with Crippen LogP contribution in [0, 0.1) is 23.3 Å². The molecule has 0 radical (unpaired) electrons. The van der Waals surface area contributed by atoms with Crippen LogP contribution in [-0.4, -0.2) is 52.4 Å². The predicted octanol–water partition coefficient (Wildman–Crippen LogP) is 4.86. The van der Waals surface area contributed by atoms with Gasteiger partial charge in [0.25, 0.3) is 11.5 Å². The molecule has 3 aromatic carbocycles. The molecule has 0 unspecified atom stereocenters. The molecule has 0 atom stereocenters. The molecule has 1 aromatic heterocycles. The van der Waals surface area contributed by atoms with Crippen molar-refractivity contribution < 1.29 is 32.3 Å². The smallest absolute Gasteiger partial charge is 0.294 e. The minimum atomic E-state index is -1.66. The van der Waals surface area contributed by atoms with E-state index in [1.807, 2.05) is 30.3 Å². The number of piperazine rings is 1. The Morgan fingerprint density at radius 3 is 2.25 bits per heavy atom. The normalized spacial score (nSPS) is 13.7. The number of pyridine rings is 1. The van der Waals surface area contributed by atoms with Crippen molar-refractivity contribution in [2.24, 2.45) is 0 Å². The van der Waals surface area contributed by atoms with Crippen LogP contribution < -0.4 is 10.5 Å². The Bertz CT molecular complexity index is 1800. The van der Waals surface area contributed by atoms with Crippen molar-refractivity contribution in [1.29, 1.82) is 0 Å². The summed E-state index contributed by atoms with van der Waals surface area (Å²) in [6.07, 6.45) is 1.65. The summed E-state index contributed by atoms with van der Waals surface area (Å²) < 4.78 is 56.8. The van der Waals surface area contributed by atoms with Crippen LogP contribution in [0.25, 0.3) is 5.76 Å². The lowest BCUT2D eigenvalue weighted by Gasteiger charge is -2.35. The van der Waals surface area contributed by atoms with E-state index >= 15 is 0 Å². The van der Waals surface area contributed by atoms with Gasteiger partial charge in [0.15, 0.2) is 17.5 Å². The largest absolute Gasteiger partial charge is 0.507 e. The lowest BCUT2D eigenvalue weighted by molar-refractivity contribution is -0.142. The summed E-state index contributed by atoms with van der Waals surface area (Å²) in [6.45, 7) is 1.36. The van der Waals surface area contributed by atoms with E-state index in [1.54, 1.807) is 6.07 Å². The number of hydrogen-bond donors (Lipinski definition) is 1. The number of aliphatic hydroxyl groups excluding tert-OH is 1. The van der Waals surface area contributed by atoms with Crippen LogP contribution in [-0.2, 0) is 22.6 Å². The third-order valence-corrected chi connectivity index (χ3v) is 7.34. The number of aliphatic hydroxyl groups is 1. The average molecular weight is 606 g/mol. The Morgan fingerprint density at radius 2 is 1.55 bits per heavy atom. The highest BCUT2D eigenvalue weighted by Gasteiger charge is 2.26. The maximum atomic E-state index is 14.5. The molecule has 4 aromatic rings. The summed E-state index contributed by atoms with van der Waals surface area (Å²) in [4.78, 5) is 42.6. The van der Waals surface area contributed by atoms with Crippen LogP contribution in [0.4, 0.5) is 23.2 Å². The molecule has 1 saturated heterocycles. The first kappa shape index (κ1) is 30.3. The number of halogens is 4. The maximum absolute atomic E-state index is 14.5. The van der Waals surface area contributed by atoms with E-state index < -0.39 is 51.8 Å². The van der Waals surface area contributed by atoms with E-state index in [4.69, 9.17) is 0 Å². The second-order valence-corrected chi connectivity index (χ2v) is 10.3. The third kappa shape index (κ3) is 6.72. The van der Waals surface area contributed by atoms with E-state index in [1.165, 1.54) is 35.4 Å². The number of anilines is 1. The van der Waals surface area contributed by atoms with Crippen LogP contribution in [0.5, 0.6) is 0 Å². The predicted molar refractivity (Wildman–Crippen MR) is 156 cm³/mol. The van der Waals surface area contributed by atoms with E-state index in [2.05, 4.69) is 4.90 Å². The van der Waals surface area contributed by atoms with Crippen molar-refractivity contribution in [3.63, 3.8) is 0 Å². The Morgan fingerprint density at radius 1 is 0.818 bits per heavy atom. The molecule has 226 valence electrons. The van der Waals surface area contributed by atoms with E-state index in [0.717, 1.165) is 22.4 Å². The molecular formula is C33H27F4N3O4. The van der Waals surface area contributed by atoms with Gasteiger partial charge in [-0.3, -0.25) is 14.4 Å². The average Bonchev–Trinajstić information content (AvgIpc) is 3.03. The second kappa shape index (κ2) is 13.0. The van der Waals surface area contributed by atoms with Crippen LogP contribution >= 0.6 is 0 Å². The summed E-state index contributed by atoms with van der Waals surface area (Å²) in [5.74, 6) is -7.71. The molecule has 0 aliphatic carbocycles. The van der Waals surface area contributed by atoms with Gasteiger partial charge in [0.2, 0.25) is 5.78 Å². The fourth-order valence-corrected chi connectivity index (χ4v) is 5.08. The lowest BCUT2D eigenvalue weighted by Crippen LogP contribution is -2.50. The highest BCUT2D eigenvalue weighted by molar-refractivity contribution is 6.41. The molecule has 0 saturated carbocycles. The Kier molecular flexibility index (Phi) is 8.94. The van der Waals surface area contributed by atoms with Crippen molar-refractivity contribution in [2.75, 3.05) is 31.1 Å². The molecule has 1 aliphatic rings. The van der Waals surface area contributed by atoms with Crippen LogP contribution in [0.3, 0.4) is 0 Å². The number of benzene rings is 3. The fraction of sp³-hybridized carbons (Fsp3) is 0.182. The van der Waals surface area contributed by atoms with Gasteiger partial charge in [-0.05, 0) is 53.1 Å². The van der Waals surface area contributed by atoms with Gasteiger partial charge in [0.05, 0.1) is 12.1 Å². The minimum absolute atomic E-state index is 0.163. The van der Waals surface area contributed by atoms with Gasteiger partial charge in [-0.2, -0.15) is 0 Å². The highest BCUT2D eigenvalue weighted by Crippen LogP contribution is 2.21. The summed E-state index contributed by atoms with van der Waals surface area (Å²) in [5.41, 5.74) is 0.165. The summed E-state index contributed by atoms with van der Waals surface area (Å²) in [6, 6.07) is 18.0. The Labute approximate surface area is 249 Å². The van der Waals surface area contributed by atoms with Crippen molar-refractivity contribution in [2.45, 2.75) is 13.0 Å². The topological polar surface area (TPSA) is 82.8 Å². The molecule has 1 fully saturated rings. The zero-order valence-corrected chi connectivity index (χ0v) is 23.4. The van der Waals surface area contributed by atoms with Gasteiger partial charge in [-0.25, -0.2) is 17.6 Å². The molecule has 5 rings (SSSR count). The molecule has 0 bridgehead atoms. The first-order valence-corrected chi connectivity index (χ1v) is 13.7. The number of ketones is 1. The monoisotopic (exact) mass is 605 g/mol. The van der Waals surface area contributed by atoms with Gasteiger partial charge in [0, 0.05) is 50.6 Å². The molecule has 1 N–H and O–H groups in total. The van der Waals surface area contributed by atoms with Crippen molar-refractivity contribution in [3.05, 3.63) is 141 Å². The Hall–Kier alpha value is -5.19. The molecule has 11 heteroatoms. The van der Waals surface area contributed by atoms with Crippen molar-refractivity contribution >= 4 is 23.1 Å². The molecule has 1 amide bonds. The van der Waals surface area contributed by atoms with Gasteiger partial charge < -0.3 is 19.5 Å². The summed E-state index contributed by atoms with van der Waals surface area (Å²) in [7, 11) is 0. The maximum Gasteiger partial charge on any atom is 0.294 e. The standard InChI is InChI=1S/C33H27F4N3O4/c34-24-6-4-5-21(16-24)19-40-20-22(15-23-9-10-27(35)31(37)30(23)36)17-26(32(40)43)28(41)18-29(42)33(44)39-13-11-38(12-14-39)25-7-2-1-3-8-25/h1-10,16-18,20,41H,11-15,19H2. The van der Waals surface area contributed by atoms with E-state index in [-0.39, 0.29) is 37.2 Å². The quantitative estimate of drug-likeness (QED) is 0.102. The number of carbonyl (C=O) groups is 2. The highest BCUT2D eigenvalue weighted by atomic mass is 19.2. The van der Waals surface area contributed by atoms with Crippen LogP contribution in [0.15, 0.2) is 89.9 Å². The third-order valence-electron chi connectivity index (χ3n) is 7.34. The molecule has 0 spiro atoms. The fourth-order valence-electron chi connectivity index (χ4n) is 5.08. The molecule has 2 heterocycles. The van der Waals surface area contributed by atoms with Crippen LogP contribution in [0.1, 0.15) is 22.3 Å². The van der Waals surface area contributed by atoms with E-state index in [9.17, 15) is 37.1 Å². The SMILES string of the molecule is O=C(C=C(O)c1cc(Cc2ccc(F)c(F)c2F)cn(Cc2cccc(F)c2)c1=O)C(=O)N1CCN(c2ccccc2)CC1. The van der Waals surface area contributed by atoms with Gasteiger partial charge >= 0.3 is 0 Å². The van der Waals surface area contributed by atoms with E-state index in [0.29, 0.717) is 24.7 Å². The minimum Gasteiger partial charge on any atom is -0.507 e. The first-order chi connectivity index (χ1) is 21.1. The van der Waals surface area contributed by atoms with Crippen LogP contribution in [0.2, 0.25) is 0 Å².